The molecule has 86 valence electrons. The van der Waals surface area contributed by atoms with Gasteiger partial charge in [0, 0.05) is 17.3 Å². The summed E-state index contributed by atoms with van der Waals surface area (Å²) in [7, 11) is 0. The monoisotopic (exact) mass is 215 g/mol. The van der Waals surface area contributed by atoms with Crippen LogP contribution in [0.15, 0.2) is 0 Å². The van der Waals surface area contributed by atoms with Gasteiger partial charge in [-0.25, -0.2) is 0 Å². The van der Waals surface area contributed by atoms with Crippen LogP contribution in [0.5, 0.6) is 0 Å². The van der Waals surface area contributed by atoms with Gasteiger partial charge in [-0.2, -0.15) is 0 Å². The van der Waals surface area contributed by atoms with Crippen molar-refractivity contribution in [3.63, 3.8) is 0 Å². The first-order valence-electron chi connectivity index (χ1n) is 6.70. The molecular weight excluding hydrogens is 194 g/mol. The van der Waals surface area contributed by atoms with Crippen LogP contribution in [0, 0.1) is 6.92 Å². The van der Waals surface area contributed by atoms with Gasteiger partial charge in [0.1, 0.15) is 0 Å². The van der Waals surface area contributed by atoms with Crippen LogP contribution in [0.2, 0.25) is 0 Å². The molecule has 0 radical (unpaired) electrons. The Bertz CT molecular complexity index is 428. The van der Waals surface area contributed by atoms with E-state index in [4.69, 9.17) is 4.98 Å². The molecule has 2 aliphatic rings. The van der Waals surface area contributed by atoms with E-state index in [0.29, 0.717) is 5.92 Å². The van der Waals surface area contributed by atoms with Crippen molar-refractivity contribution in [2.75, 3.05) is 0 Å². The first kappa shape index (κ1) is 10.3. The fourth-order valence-electron chi connectivity index (χ4n) is 3.21. The zero-order valence-corrected chi connectivity index (χ0v) is 10.6. The van der Waals surface area contributed by atoms with Gasteiger partial charge in [0.05, 0.1) is 0 Å². The van der Waals surface area contributed by atoms with E-state index < -0.39 is 0 Å². The molecule has 0 aliphatic heterocycles. The zero-order valence-electron chi connectivity index (χ0n) is 10.6. The lowest BCUT2D eigenvalue weighted by atomic mass is 9.91. The second-order valence-corrected chi connectivity index (χ2v) is 5.74. The summed E-state index contributed by atoms with van der Waals surface area (Å²) < 4.78 is 0. The molecule has 0 unspecified atom stereocenters. The molecule has 2 aliphatic carbocycles. The Labute approximate surface area is 98.3 Å². The molecule has 1 aromatic heterocycles. The fraction of sp³-hybridized carbons (Fsp3) is 0.667. The van der Waals surface area contributed by atoms with Crippen molar-refractivity contribution in [1.29, 1.82) is 0 Å². The minimum Gasteiger partial charge on any atom is -0.257 e. The van der Waals surface area contributed by atoms with Crippen LogP contribution < -0.4 is 0 Å². The number of aryl methyl sites for hydroxylation is 1. The summed E-state index contributed by atoms with van der Waals surface area (Å²) >= 11 is 0. The van der Waals surface area contributed by atoms with Crippen molar-refractivity contribution in [3.05, 3.63) is 28.1 Å². The molecule has 3 rings (SSSR count). The predicted molar refractivity (Wildman–Crippen MR) is 67.1 cm³/mol. The lowest BCUT2D eigenvalue weighted by molar-refractivity contribution is 0.799. The third kappa shape index (κ3) is 1.49. The Hall–Kier alpha value is -0.850. The van der Waals surface area contributed by atoms with Crippen molar-refractivity contribution in [2.45, 2.75) is 64.7 Å². The van der Waals surface area contributed by atoms with Crippen LogP contribution in [0.25, 0.3) is 0 Å². The summed E-state index contributed by atoms with van der Waals surface area (Å²) in [4.78, 5) is 5.00. The van der Waals surface area contributed by atoms with Crippen molar-refractivity contribution in [1.82, 2.24) is 4.98 Å². The van der Waals surface area contributed by atoms with Gasteiger partial charge in [0.15, 0.2) is 0 Å². The Morgan fingerprint density at radius 1 is 1.19 bits per heavy atom. The molecule has 0 amide bonds. The topological polar surface area (TPSA) is 12.9 Å². The second kappa shape index (κ2) is 3.58. The van der Waals surface area contributed by atoms with Crippen LogP contribution in [-0.2, 0) is 12.8 Å². The minimum atomic E-state index is 0.633. The molecule has 0 N–H and O–H groups in total. The summed E-state index contributed by atoms with van der Waals surface area (Å²) in [5.74, 6) is 1.43. The van der Waals surface area contributed by atoms with Gasteiger partial charge >= 0.3 is 0 Å². The van der Waals surface area contributed by atoms with E-state index in [1.165, 1.54) is 43.5 Å². The minimum absolute atomic E-state index is 0.633. The van der Waals surface area contributed by atoms with Crippen molar-refractivity contribution >= 4 is 0 Å². The normalized spacial score (nSPS) is 19.2. The lowest BCUT2D eigenvalue weighted by Crippen LogP contribution is -2.07. The van der Waals surface area contributed by atoms with Crippen LogP contribution >= 0.6 is 0 Å². The molecular formula is C15H21N. The molecule has 0 spiro atoms. The van der Waals surface area contributed by atoms with Crippen molar-refractivity contribution in [3.8, 4) is 0 Å². The van der Waals surface area contributed by atoms with E-state index in [2.05, 4.69) is 20.8 Å². The summed E-state index contributed by atoms with van der Waals surface area (Å²) in [6.45, 7) is 6.96. The summed E-state index contributed by atoms with van der Waals surface area (Å²) in [5, 5.41) is 0. The highest BCUT2D eigenvalue weighted by molar-refractivity contribution is 5.45. The van der Waals surface area contributed by atoms with E-state index in [9.17, 15) is 0 Å². The molecule has 0 aromatic carbocycles. The highest BCUT2D eigenvalue weighted by Crippen LogP contribution is 2.44. The lowest BCUT2D eigenvalue weighted by Gasteiger charge is -2.18. The van der Waals surface area contributed by atoms with Crippen LogP contribution in [-0.4, -0.2) is 4.98 Å². The predicted octanol–water partition coefficient (Wildman–Crippen LogP) is 3.88. The van der Waals surface area contributed by atoms with Crippen LogP contribution in [0.1, 0.15) is 73.0 Å². The molecule has 1 saturated carbocycles. The maximum Gasteiger partial charge on any atom is 0.0475 e. The summed E-state index contributed by atoms with van der Waals surface area (Å²) in [5.41, 5.74) is 7.59. The average molecular weight is 215 g/mol. The molecule has 1 heterocycles. The van der Waals surface area contributed by atoms with Crippen molar-refractivity contribution < 1.29 is 0 Å². The van der Waals surface area contributed by atoms with Crippen molar-refractivity contribution in [2.24, 2.45) is 0 Å². The van der Waals surface area contributed by atoms with Crippen LogP contribution in [0.3, 0.4) is 0 Å². The Balaban J connectivity index is 2.19. The molecule has 1 heteroatoms. The molecule has 1 aromatic rings. The van der Waals surface area contributed by atoms with E-state index in [-0.39, 0.29) is 0 Å². The van der Waals surface area contributed by atoms with Gasteiger partial charge < -0.3 is 0 Å². The van der Waals surface area contributed by atoms with Gasteiger partial charge in [-0.15, -0.1) is 0 Å². The highest BCUT2D eigenvalue weighted by atomic mass is 14.8. The smallest absolute Gasteiger partial charge is 0.0475 e. The zero-order chi connectivity index (χ0) is 11.3. The Morgan fingerprint density at radius 3 is 2.56 bits per heavy atom. The van der Waals surface area contributed by atoms with Crippen LogP contribution in [0.4, 0.5) is 0 Å². The van der Waals surface area contributed by atoms with Gasteiger partial charge in [-0.1, -0.05) is 13.8 Å². The number of hydrogen-bond acceptors (Lipinski definition) is 1. The maximum absolute atomic E-state index is 5.00. The third-order valence-corrected chi connectivity index (χ3v) is 4.12. The molecule has 1 fully saturated rings. The number of nitrogens with zero attached hydrogens (tertiary/aromatic N) is 1. The first-order valence-corrected chi connectivity index (χ1v) is 6.70. The van der Waals surface area contributed by atoms with Gasteiger partial charge in [-0.3, -0.25) is 4.98 Å². The van der Waals surface area contributed by atoms with E-state index in [0.717, 1.165) is 5.92 Å². The third-order valence-electron chi connectivity index (χ3n) is 4.12. The molecule has 0 atom stereocenters. The quantitative estimate of drug-likeness (QED) is 0.729. The SMILES string of the molecule is Cc1c2c(nc(C3CC3)c1C(C)C)CCC2. The van der Waals surface area contributed by atoms with Gasteiger partial charge in [-0.05, 0) is 61.6 Å². The largest absolute Gasteiger partial charge is 0.257 e. The van der Waals surface area contributed by atoms with Gasteiger partial charge in [0.25, 0.3) is 0 Å². The number of fused-ring (bicyclic) bond motifs is 1. The number of hydrogen-bond donors (Lipinski definition) is 0. The highest BCUT2D eigenvalue weighted by Gasteiger charge is 2.31. The number of rotatable bonds is 2. The molecule has 1 nitrogen and oxygen atoms in total. The second-order valence-electron chi connectivity index (χ2n) is 5.74. The van der Waals surface area contributed by atoms with E-state index in [1.807, 2.05) is 0 Å². The van der Waals surface area contributed by atoms with E-state index in [1.54, 1.807) is 16.7 Å². The molecule has 0 bridgehead atoms. The fourth-order valence-corrected chi connectivity index (χ4v) is 3.21. The Kier molecular flexibility index (Phi) is 2.31. The molecule has 16 heavy (non-hydrogen) atoms. The maximum atomic E-state index is 5.00. The van der Waals surface area contributed by atoms with E-state index >= 15 is 0 Å². The summed E-state index contributed by atoms with van der Waals surface area (Å²) in [6.07, 6.45) is 6.53. The number of pyridine rings is 1. The number of aromatic nitrogens is 1. The average Bonchev–Trinajstić information content (AvgIpc) is 2.96. The van der Waals surface area contributed by atoms with Gasteiger partial charge in [0.2, 0.25) is 0 Å². The standard InChI is InChI=1S/C15H21N/c1-9(2)14-10(3)12-5-4-6-13(12)16-15(14)11-7-8-11/h9,11H,4-8H2,1-3H3. The molecule has 0 saturated heterocycles. The Morgan fingerprint density at radius 2 is 1.94 bits per heavy atom. The summed E-state index contributed by atoms with van der Waals surface area (Å²) in [6, 6.07) is 0. The first-order chi connectivity index (χ1) is 7.68.